The summed E-state index contributed by atoms with van der Waals surface area (Å²) in [6.07, 6.45) is 1.09. The smallest absolute Gasteiger partial charge is 0.748 e. The van der Waals surface area contributed by atoms with Gasteiger partial charge in [-0.1, -0.05) is 19.4 Å². The molecule has 0 atom stereocenters. The van der Waals surface area contributed by atoms with Crippen LogP contribution in [0.3, 0.4) is 0 Å². The van der Waals surface area contributed by atoms with Crippen LogP contribution < -0.4 is 29.6 Å². The predicted octanol–water partition coefficient (Wildman–Crippen LogP) is -0.788. The molecular formula is C15H20NNaO3S. The summed E-state index contributed by atoms with van der Waals surface area (Å²) >= 11 is 0. The molecule has 1 aromatic rings. The molecule has 0 amide bonds. The molecule has 2 rings (SSSR count). The minimum Gasteiger partial charge on any atom is -0.748 e. The van der Waals surface area contributed by atoms with Crippen LogP contribution in [-0.4, -0.2) is 35.6 Å². The molecule has 0 bridgehead atoms. The molecule has 1 aliphatic rings. The predicted molar refractivity (Wildman–Crippen MR) is 77.6 cm³/mol. The van der Waals surface area contributed by atoms with Gasteiger partial charge in [0.1, 0.15) is 12.2 Å². The van der Waals surface area contributed by atoms with Crippen molar-refractivity contribution >= 4 is 21.5 Å². The van der Waals surface area contributed by atoms with E-state index in [1.807, 2.05) is 18.2 Å². The van der Waals surface area contributed by atoms with Gasteiger partial charge in [-0.15, -0.1) is 6.07 Å². The van der Waals surface area contributed by atoms with Crippen molar-refractivity contribution in [2.75, 3.05) is 12.3 Å². The molecule has 0 radical (unpaired) electrons. The van der Waals surface area contributed by atoms with Crippen LogP contribution in [0.1, 0.15) is 39.2 Å². The van der Waals surface area contributed by atoms with Crippen LogP contribution in [-0.2, 0) is 15.5 Å². The maximum atomic E-state index is 10.6. The minimum atomic E-state index is -4.10. The van der Waals surface area contributed by atoms with Gasteiger partial charge in [0, 0.05) is 24.5 Å². The molecule has 0 saturated carbocycles. The average molecular weight is 317 g/mol. The molecule has 4 nitrogen and oxygen atoms in total. The first kappa shape index (κ1) is 18.8. The number of hydrogen-bond acceptors (Lipinski definition) is 3. The van der Waals surface area contributed by atoms with Crippen LogP contribution >= 0.6 is 0 Å². The van der Waals surface area contributed by atoms with Gasteiger partial charge < -0.3 is 4.55 Å². The normalized spacial score (nSPS) is 16.6. The Morgan fingerprint density at radius 2 is 2.00 bits per heavy atom. The average Bonchev–Trinajstić information content (AvgIpc) is 2.54. The Hall–Kier alpha value is -0.200. The van der Waals surface area contributed by atoms with Crippen molar-refractivity contribution in [2.24, 2.45) is 0 Å². The maximum absolute atomic E-state index is 10.6. The number of unbranched alkanes of at least 4 members (excludes halogenated alkanes) is 1. The van der Waals surface area contributed by atoms with E-state index in [0.29, 0.717) is 12.8 Å². The first-order chi connectivity index (χ1) is 9.23. The summed E-state index contributed by atoms with van der Waals surface area (Å²) in [7, 11) is -4.10. The van der Waals surface area contributed by atoms with Crippen LogP contribution in [0, 0.1) is 6.07 Å². The van der Waals surface area contributed by atoms with Gasteiger partial charge in [-0.25, -0.2) is 13.0 Å². The molecule has 0 N–H and O–H groups in total. The number of hydrogen-bond donors (Lipinski definition) is 0. The van der Waals surface area contributed by atoms with Gasteiger partial charge in [-0.3, -0.25) is 0 Å². The van der Waals surface area contributed by atoms with Gasteiger partial charge in [0.05, 0.1) is 10.1 Å². The summed E-state index contributed by atoms with van der Waals surface area (Å²) in [5.41, 5.74) is 3.62. The van der Waals surface area contributed by atoms with Crippen LogP contribution in [0.5, 0.6) is 0 Å². The standard InChI is InChI=1S/C15H21NO3S.Na/c1-12-15(2,3)13-8-4-5-9-14(13)16(12)10-6-7-11-20(17,18)19;/h5,8-9H,6-7,10-11H2,1-3H3,(H,17,18,19);/q;+1/p-1. The molecule has 1 heterocycles. The van der Waals surface area contributed by atoms with Gasteiger partial charge >= 0.3 is 29.6 Å². The van der Waals surface area contributed by atoms with E-state index in [4.69, 9.17) is 0 Å². The Morgan fingerprint density at radius 3 is 2.62 bits per heavy atom. The Balaban J connectivity index is 0.00000220. The topological polar surface area (TPSA) is 60.2 Å². The first-order valence-electron chi connectivity index (χ1n) is 6.79. The second-order valence-corrected chi connectivity index (χ2v) is 7.30. The minimum absolute atomic E-state index is 0. The van der Waals surface area contributed by atoms with Crippen molar-refractivity contribution < 1.29 is 47.1 Å². The zero-order valence-corrected chi connectivity index (χ0v) is 16.0. The van der Waals surface area contributed by atoms with Gasteiger partial charge in [0.2, 0.25) is 0 Å². The summed E-state index contributed by atoms with van der Waals surface area (Å²) < 4.78 is 34.1. The summed E-state index contributed by atoms with van der Waals surface area (Å²) in [6, 6.07) is 9.06. The largest absolute Gasteiger partial charge is 1.00 e. The fourth-order valence-corrected chi connectivity index (χ4v) is 3.27. The molecule has 0 aliphatic carbocycles. The second-order valence-electron chi connectivity index (χ2n) is 5.77. The molecule has 0 unspecified atom stereocenters. The quantitative estimate of drug-likeness (QED) is 0.235. The van der Waals surface area contributed by atoms with E-state index in [1.54, 1.807) is 0 Å². The van der Waals surface area contributed by atoms with E-state index < -0.39 is 10.1 Å². The van der Waals surface area contributed by atoms with Gasteiger partial charge in [0.15, 0.2) is 5.71 Å². The number of nitrogens with zero attached hydrogens (tertiary/aromatic N) is 1. The third kappa shape index (κ3) is 4.17. The fourth-order valence-electron chi connectivity index (χ4n) is 2.71. The van der Waals surface area contributed by atoms with Crippen molar-refractivity contribution in [3.63, 3.8) is 0 Å². The molecule has 1 aromatic carbocycles. The van der Waals surface area contributed by atoms with Crippen molar-refractivity contribution in [3.8, 4) is 0 Å². The number of rotatable bonds is 5. The SMILES string of the molecule is CC1=[N+](CCCCS(=O)(=O)[O-])c2cc[c-]cc2C1(C)C.[Na+]. The monoisotopic (exact) mass is 317 g/mol. The van der Waals surface area contributed by atoms with E-state index >= 15 is 0 Å². The molecule has 0 fully saturated rings. The van der Waals surface area contributed by atoms with Gasteiger partial charge in [0.25, 0.3) is 0 Å². The van der Waals surface area contributed by atoms with E-state index in [2.05, 4.69) is 31.4 Å². The number of benzene rings is 1. The van der Waals surface area contributed by atoms with Crippen LogP contribution in [0.2, 0.25) is 0 Å². The molecule has 21 heavy (non-hydrogen) atoms. The first-order valence-corrected chi connectivity index (χ1v) is 8.37. The summed E-state index contributed by atoms with van der Waals surface area (Å²) in [6.45, 7) is 7.19. The third-order valence-electron chi connectivity index (χ3n) is 4.14. The summed E-state index contributed by atoms with van der Waals surface area (Å²) in [5, 5.41) is 0. The molecule has 1 aliphatic heterocycles. The Labute approximate surface area is 149 Å². The Kier molecular flexibility index (Phi) is 6.21. The molecule has 0 spiro atoms. The Morgan fingerprint density at radius 1 is 1.33 bits per heavy atom. The van der Waals surface area contributed by atoms with E-state index in [1.165, 1.54) is 11.3 Å². The Bertz CT molecular complexity index is 651. The van der Waals surface area contributed by atoms with Crippen molar-refractivity contribution in [1.82, 2.24) is 0 Å². The van der Waals surface area contributed by atoms with Crippen molar-refractivity contribution in [1.29, 1.82) is 0 Å². The van der Waals surface area contributed by atoms with Crippen LogP contribution in [0.4, 0.5) is 5.69 Å². The van der Waals surface area contributed by atoms with Gasteiger partial charge in [-0.05, 0) is 6.42 Å². The second kappa shape index (κ2) is 6.92. The molecule has 110 valence electrons. The van der Waals surface area contributed by atoms with Crippen LogP contribution in [0.25, 0.3) is 0 Å². The zero-order valence-electron chi connectivity index (χ0n) is 13.1. The molecule has 6 heteroatoms. The molecule has 0 aromatic heterocycles. The van der Waals surface area contributed by atoms with E-state index in [0.717, 1.165) is 12.2 Å². The van der Waals surface area contributed by atoms with E-state index in [-0.39, 0.29) is 40.7 Å². The van der Waals surface area contributed by atoms with Crippen molar-refractivity contribution in [3.05, 3.63) is 29.8 Å². The number of fused-ring (bicyclic) bond motifs is 1. The van der Waals surface area contributed by atoms with Gasteiger partial charge in [-0.2, -0.15) is 18.2 Å². The van der Waals surface area contributed by atoms with Crippen LogP contribution in [0.15, 0.2) is 18.2 Å². The third-order valence-corrected chi connectivity index (χ3v) is 4.93. The van der Waals surface area contributed by atoms with E-state index in [9.17, 15) is 13.0 Å². The van der Waals surface area contributed by atoms with Crippen molar-refractivity contribution in [2.45, 2.75) is 39.0 Å². The zero-order chi connectivity index (χ0) is 15.0. The summed E-state index contributed by atoms with van der Waals surface area (Å²) in [4.78, 5) is 0. The summed E-state index contributed by atoms with van der Waals surface area (Å²) in [5.74, 6) is -0.279. The maximum Gasteiger partial charge on any atom is 1.00 e. The molecule has 0 saturated heterocycles. The fraction of sp³-hybridized carbons (Fsp3) is 0.533. The molecular weight excluding hydrogens is 297 g/mol.